The van der Waals surface area contributed by atoms with E-state index in [1.54, 1.807) is 25.4 Å². The van der Waals surface area contributed by atoms with Gasteiger partial charge in [-0.2, -0.15) is 8.42 Å². The minimum Gasteiger partial charge on any atom is -0.330 e. The number of anilines is 1. The first-order chi connectivity index (χ1) is 11.8. The van der Waals surface area contributed by atoms with Crippen LogP contribution in [0.25, 0.3) is 0 Å². The molecule has 0 unspecified atom stereocenters. The highest BCUT2D eigenvalue weighted by atomic mass is 32.2. The summed E-state index contributed by atoms with van der Waals surface area (Å²) >= 11 is 0. The van der Waals surface area contributed by atoms with E-state index in [2.05, 4.69) is 38.4 Å². The zero-order valence-electron chi connectivity index (χ0n) is 14.3. The number of sulfonamides is 1. The van der Waals surface area contributed by atoms with E-state index in [9.17, 15) is 8.42 Å². The summed E-state index contributed by atoms with van der Waals surface area (Å²) in [5, 5.41) is 7.19. The molecule has 2 aromatic heterocycles. The predicted molar refractivity (Wildman–Crippen MR) is 93.7 cm³/mol. The molecule has 0 aliphatic heterocycles. The average molecular weight is 360 g/mol. The number of hydrogen-bond donors (Lipinski definition) is 1. The molecule has 132 valence electrons. The maximum atomic E-state index is 12.3. The number of nitrogens with one attached hydrogen (secondary N) is 1. The smallest absolute Gasteiger partial charge is 0.282 e. The van der Waals surface area contributed by atoms with Crippen LogP contribution in [0.3, 0.4) is 0 Å². The van der Waals surface area contributed by atoms with Crippen LogP contribution in [0, 0.1) is 0 Å². The molecule has 1 N–H and O–H groups in total. The molecule has 3 aromatic rings. The molecule has 0 radical (unpaired) electrons. The summed E-state index contributed by atoms with van der Waals surface area (Å²) < 4.78 is 30.6. The highest BCUT2D eigenvalue weighted by molar-refractivity contribution is 7.92. The van der Waals surface area contributed by atoms with E-state index in [-0.39, 0.29) is 5.03 Å². The fraction of sp³-hybridized carbons (Fsp3) is 0.312. The number of aromatic nitrogens is 5. The highest BCUT2D eigenvalue weighted by Gasteiger charge is 2.18. The second kappa shape index (κ2) is 6.67. The van der Waals surface area contributed by atoms with Crippen LogP contribution >= 0.6 is 0 Å². The summed E-state index contributed by atoms with van der Waals surface area (Å²) in [5.74, 6) is 1.30. The Morgan fingerprint density at radius 1 is 1.28 bits per heavy atom. The highest BCUT2D eigenvalue weighted by Crippen LogP contribution is 2.18. The molecule has 0 saturated heterocycles. The van der Waals surface area contributed by atoms with Crippen LogP contribution in [0.1, 0.15) is 31.2 Å². The van der Waals surface area contributed by atoms with Crippen molar-refractivity contribution in [2.45, 2.75) is 31.3 Å². The number of imidazole rings is 1. The zero-order chi connectivity index (χ0) is 18.0. The molecule has 1 aromatic carbocycles. The van der Waals surface area contributed by atoms with E-state index in [0.717, 1.165) is 11.4 Å². The van der Waals surface area contributed by atoms with Crippen molar-refractivity contribution in [3.05, 3.63) is 54.2 Å². The zero-order valence-corrected chi connectivity index (χ0v) is 15.1. The van der Waals surface area contributed by atoms with Gasteiger partial charge in [-0.05, 0) is 17.7 Å². The number of benzene rings is 1. The molecule has 0 saturated carbocycles. The quantitative estimate of drug-likeness (QED) is 0.725. The summed E-state index contributed by atoms with van der Waals surface area (Å²) in [6, 6.07) is 7.27. The summed E-state index contributed by atoms with van der Waals surface area (Å²) in [6.07, 6.45) is 5.05. The van der Waals surface area contributed by atoms with Crippen molar-refractivity contribution in [2.24, 2.45) is 7.05 Å². The first-order valence-corrected chi connectivity index (χ1v) is 9.32. The molecule has 0 atom stereocenters. The molecule has 0 aliphatic carbocycles. The van der Waals surface area contributed by atoms with Crippen molar-refractivity contribution in [1.29, 1.82) is 0 Å². The molecular weight excluding hydrogens is 340 g/mol. The van der Waals surface area contributed by atoms with Gasteiger partial charge in [-0.3, -0.25) is 9.40 Å². The molecule has 3 rings (SSSR count). The number of nitrogens with zero attached hydrogens (tertiary/aromatic N) is 5. The molecule has 0 fully saturated rings. The van der Waals surface area contributed by atoms with Gasteiger partial charge in [0.1, 0.15) is 5.82 Å². The Balaban J connectivity index is 1.81. The van der Waals surface area contributed by atoms with Gasteiger partial charge < -0.3 is 4.57 Å². The standard InChI is InChI=1S/C16H20N6O2S/c1-12(2)16-17-7-8-22(16)10-13-5-4-6-14(9-13)19-25(23,24)15-11-21(3)20-18-15/h4-9,11-12,19H,10H2,1-3H3. The lowest BCUT2D eigenvalue weighted by Gasteiger charge is -2.12. The van der Waals surface area contributed by atoms with Gasteiger partial charge in [-0.25, -0.2) is 4.98 Å². The minimum absolute atomic E-state index is 0.114. The van der Waals surface area contributed by atoms with Crippen molar-refractivity contribution in [1.82, 2.24) is 24.5 Å². The van der Waals surface area contributed by atoms with E-state index >= 15 is 0 Å². The second-order valence-corrected chi connectivity index (χ2v) is 7.73. The minimum atomic E-state index is -3.76. The third-order valence-corrected chi connectivity index (χ3v) is 4.90. The van der Waals surface area contributed by atoms with Crippen LogP contribution in [0.2, 0.25) is 0 Å². The summed E-state index contributed by atoms with van der Waals surface area (Å²) in [7, 11) is -2.14. The Morgan fingerprint density at radius 2 is 2.08 bits per heavy atom. The normalized spacial score (nSPS) is 11.8. The van der Waals surface area contributed by atoms with Crippen LogP contribution in [0.5, 0.6) is 0 Å². The van der Waals surface area contributed by atoms with Gasteiger partial charge in [0, 0.05) is 37.6 Å². The predicted octanol–water partition coefficient (Wildman–Crippen LogP) is 1.98. The summed E-state index contributed by atoms with van der Waals surface area (Å²) in [6.45, 7) is 4.79. The van der Waals surface area contributed by atoms with Crippen molar-refractivity contribution in [2.75, 3.05) is 4.72 Å². The topological polar surface area (TPSA) is 94.7 Å². The second-order valence-electron chi connectivity index (χ2n) is 6.10. The van der Waals surface area contributed by atoms with Crippen LogP contribution < -0.4 is 4.72 Å². The van der Waals surface area contributed by atoms with Crippen molar-refractivity contribution in [3.63, 3.8) is 0 Å². The van der Waals surface area contributed by atoms with Gasteiger partial charge in [0.05, 0.1) is 6.20 Å². The lowest BCUT2D eigenvalue weighted by molar-refractivity contribution is 0.597. The largest absolute Gasteiger partial charge is 0.330 e. The molecule has 0 amide bonds. The van der Waals surface area contributed by atoms with Gasteiger partial charge in [-0.1, -0.05) is 31.2 Å². The molecule has 8 nitrogen and oxygen atoms in total. The Labute approximate surface area is 146 Å². The maximum absolute atomic E-state index is 12.3. The fourth-order valence-electron chi connectivity index (χ4n) is 2.54. The first kappa shape index (κ1) is 17.2. The average Bonchev–Trinajstić information content (AvgIpc) is 3.16. The molecule has 25 heavy (non-hydrogen) atoms. The Morgan fingerprint density at radius 3 is 2.76 bits per heavy atom. The SMILES string of the molecule is CC(C)c1nccn1Cc1cccc(NS(=O)(=O)c2cn(C)nn2)c1. The molecule has 0 spiro atoms. The lowest BCUT2D eigenvalue weighted by atomic mass is 10.2. The fourth-order valence-corrected chi connectivity index (χ4v) is 3.52. The number of hydrogen-bond acceptors (Lipinski definition) is 5. The van der Waals surface area contributed by atoms with Gasteiger partial charge in [0.25, 0.3) is 10.0 Å². The van der Waals surface area contributed by atoms with E-state index in [4.69, 9.17) is 0 Å². The van der Waals surface area contributed by atoms with E-state index in [1.165, 1.54) is 10.9 Å². The molecule has 0 bridgehead atoms. The number of rotatable bonds is 6. The Bertz CT molecular complexity index is 974. The summed E-state index contributed by atoms with van der Waals surface area (Å²) in [5.41, 5.74) is 1.45. The van der Waals surface area contributed by atoms with Crippen LogP contribution in [-0.4, -0.2) is 33.0 Å². The van der Waals surface area contributed by atoms with Crippen molar-refractivity contribution >= 4 is 15.7 Å². The summed E-state index contributed by atoms with van der Waals surface area (Å²) in [4.78, 5) is 4.37. The monoisotopic (exact) mass is 360 g/mol. The Hall–Kier alpha value is -2.68. The van der Waals surface area contributed by atoms with Gasteiger partial charge in [-0.15, -0.1) is 5.10 Å². The van der Waals surface area contributed by atoms with Gasteiger partial charge in [0.2, 0.25) is 5.03 Å². The maximum Gasteiger partial charge on any atom is 0.282 e. The van der Waals surface area contributed by atoms with Crippen LogP contribution in [0.15, 0.2) is 47.9 Å². The lowest BCUT2D eigenvalue weighted by Crippen LogP contribution is -2.14. The number of aryl methyl sites for hydroxylation is 1. The third-order valence-electron chi connectivity index (χ3n) is 3.65. The van der Waals surface area contributed by atoms with Crippen molar-refractivity contribution in [3.8, 4) is 0 Å². The van der Waals surface area contributed by atoms with Crippen LogP contribution in [0.4, 0.5) is 5.69 Å². The third kappa shape index (κ3) is 3.87. The van der Waals surface area contributed by atoms with Gasteiger partial charge >= 0.3 is 0 Å². The Kier molecular flexibility index (Phi) is 4.58. The molecule has 2 heterocycles. The van der Waals surface area contributed by atoms with E-state index in [0.29, 0.717) is 18.2 Å². The molecule has 0 aliphatic rings. The van der Waals surface area contributed by atoms with Crippen molar-refractivity contribution < 1.29 is 8.42 Å². The first-order valence-electron chi connectivity index (χ1n) is 7.84. The van der Waals surface area contributed by atoms with E-state index in [1.807, 2.05) is 18.3 Å². The van der Waals surface area contributed by atoms with Gasteiger partial charge in [0.15, 0.2) is 0 Å². The van der Waals surface area contributed by atoms with Crippen LogP contribution in [-0.2, 0) is 23.6 Å². The molecular formula is C16H20N6O2S. The van der Waals surface area contributed by atoms with E-state index < -0.39 is 10.0 Å². The molecule has 9 heteroatoms.